The minimum absolute atomic E-state index is 0.413. The van der Waals surface area contributed by atoms with Crippen molar-refractivity contribution in [2.24, 2.45) is 11.7 Å². The SMILES string of the molecule is CC(C)CCC(C)Nc1cccc(NC(N)=O)c1. The molecule has 0 aromatic heterocycles. The van der Waals surface area contributed by atoms with Crippen molar-refractivity contribution in [1.29, 1.82) is 0 Å². The van der Waals surface area contributed by atoms with Crippen LogP contribution in [0.1, 0.15) is 33.6 Å². The van der Waals surface area contributed by atoms with E-state index in [4.69, 9.17) is 5.73 Å². The van der Waals surface area contributed by atoms with Crippen LogP contribution in [0.5, 0.6) is 0 Å². The topological polar surface area (TPSA) is 67.2 Å². The average molecular weight is 249 g/mol. The molecule has 0 aliphatic rings. The number of primary amides is 1. The second-order valence-corrected chi connectivity index (χ2v) is 5.09. The van der Waals surface area contributed by atoms with Crippen LogP contribution in [0, 0.1) is 5.92 Å². The first kappa shape index (κ1) is 14.4. The van der Waals surface area contributed by atoms with Crippen LogP contribution in [0.4, 0.5) is 16.2 Å². The number of amides is 2. The van der Waals surface area contributed by atoms with E-state index in [9.17, 15) is 4.79 Å². The van der Waals surface area contributed by atoms with Crippen molar-refractivity contribution in [2.75, 3.05) is 10.6 Å². The molecule has 0 fully saturated rings. The van der Waals surface area contributed by atoms with E-state index >= 15 is 0 Å². The Bertz CT molecular complexity index is 390. The molecule has 2 amide bonds. The number of benzene rings is 1. The van der Waals surface area contributed by atoms with Gasteiger partial charge in [-0.15, -0.1) is 0 Å². The van der Waals surface area contributed by atoms with Gasteiger partial charge >= 0.3 is 6.03 Å². The minimum Gasteiger partial charge on any atom is -0.383 e. The van der Waals surface area contributed by atoms with Crippen molar-refractivity contribution in [3.8, 4) is 0 Å². The van der Waals surface area contributed by atoms with Crippen molar-refractivity contribution < 1.29 is 4.79 Å². The van der Waals surface area contributed by atoms with Crippen LogP contribution in [0.25, 0.3) is 0 Å². The van der Waals surface area contributed by atoms with Crippen LogP contribution >= 0.6 is 0 Å². The van der Waals surface area contributed by atoms with Crippen LogP contribution in [0.2, 0.25) is 0 Å². The maximum Gasteiger partial charge on any atom is 0.316 e. The molecule has 18 heavy (non-hydrogen) atoms. The average Bonchev–Trinajstić information content (AvgIpc) is 2.26. The lowest BCUT2D eigenvalue weighted by Crippen LogP contribution is -2.19. The summed E-state index contributed by atoms with van der Waals surface area (Å²) in [5.74, 6) is 0.720. The van der Waals surface area contributed by atoms with E-state index in [1.54, 1.807) is 0 Å². The minimum atomic E-state index is -0.542. The van der Waals surface area contributed by atoms with Crippen molar-refractivity contribution in [2.45, 2.75) is 39.7 Å². The van der Waals surface area contributed by atoms with Gasteiger partial charge in [-0.3, -0.25) is 0 Å². The maximum absolute atomic E-state index is 10.8. The number of hydrogen-bond donors (Lipinski definition) is 3. The third kappa shape index (κ3) is 5.57. The fraction of sp³-hybridized carbons (Fsp3) is 0.500. The van der Waals surface area contributed by atoms with Crippen molar-refractivity contribution in [1.82, 2.24) is 0 Å². The van der Waals surface area contributed by atoms with Crippen molar-refractivity contribution >= 4 is 17.4 Å². The van der Waals surface area contributed by atoms with Crippen molar-refractivity contribution in [3.05, 3.63) is 24.3 Å². The summed E-state index contributed by atoms with van der Waals surface area (Å²) in [6, 6.07) is 7.45. The Morgan fingerprint density at radius 1 is 1.22 bits per heavy atom. The third-order valence-corrected chi connectivity index (χ3v) is 2.72. The molecule has 0 radical (unpaired) electrons. The highest BCUT2D eigenvalue weighted by atomic mass is 16.2. The van der Waals surface area contributed by atoms with Gasteiger partial charge in [-0.05, 0) is 43.9 Å². The van der Waals surface area contributed by atoms with Gasteiger partial charge in [0.2, 0.25) is 0 Å². The number of anilines is 2. The zero-order chi connectivity index (χ0) is 13.5. The maximum atomic E-state index is 10.8. The van der Waals surface area contributed by atoms with Crippen LogP contribution in [0.3, 0.4) is 0 Å². The summed E-state index contributed by atoms with van der Waals surface area (Å²) in [5, 5.41) is 5.99. The molecular formula is C14H23N3O. The number of rotatable bonds is 6. The normalized spacial score (nSPS) is 12.2. The molecule has 0 aliphatic carbocycles. The molecule has 0 bridgehead atoms. The van der Waals surface area contributed by atoms with Gasteiger partial charge in [-0.1, -0.05) is 19.9 Å². The van der Waals surface area contributed by atoms with E-state index in [1.165, 1.54) is 6.42 Å². The number of nitrogens with two attached hydrogens (primary N) is 1. The molecule has 1 atom stereocenters. The highest BCUT2D eigenvalue weighted by Crippen LogP contribution is 2.17. The highest BCUT2D eigenvalue weighted by molar-refractivity contribution is 5.88. The number of carbonyl (C=O) groups is 1. The van der Waals surface area contributed by atoms with Crippen molar-refractivity contribution in [3.63, 3.8) is 0 Å². The van der Waals surface area contributed by atoms with Gasteiger partial charge in [0.15, 0.2) is 0 Å². The number of carbonyl (C=O) groups excluding carboxylic acids is 1. The fourth-order valence-corrected chi connectivity index (χ4v) is 1.77. The molecule has 0 saturated carbocycles. The second kappa shape index (κ2) is 6.89. The summed E-state index contributed by atoms with van der Waals surface area (Å²) in [5.41, 5.74) is 6.80. The van der Waals surface area contributed by atoms with E-state index in [0.29, 0.717) is 11.7 Å². The molecule has 0 spiro atoms. The quantitative estimate of drug-likeness (QED) is 0.723. The lowest BCUT2D eigenvalue weighted by atomic mass is 10.0. The van der Waals surface area contributed by atoms with Crippen LogP contribution in [-0.2, 0) is 0 Å². The summed E-state index contributed by atoms with van der Waals surface area (Å²) in [4.78, 5) is 10.8. The van der Waals surface area contributed by atoms with Gasteiger partial charge < -0.3 is 16.4 Å². The fourth-order valence-electron chi connectivity index (χ4n) is 1.77. The second-order valence-electron chi connectivity index (χ2n) is 5.09. The summed E-state index contributed by atoms with van der Waals surface area (Å²) < 4.78 is 0. The molecule has 1 aromatic rings. The summed E-state index contributed by atoms with van der Waals surface area (Å²) in [7, 11) is 0. The molecule has 0 aliphatic heterocycles. The van der Waals surface area contributed by atoms with E-state index in [2.05, 4.69) is 31.4 Å². The Hall–Kier alpha value is -1.71. The Balaban J connectivity index is 2.53. The van der Waals surface area contributed by atoms with Crippen LogP contribution in [-0.4, -0.2) is 12.1 Å². The Morgan fingerprint density at radius 3 is 2.50 bits per heavy atom. The zero-order valence-electron chi connectivity index (χ0n) is 11.4. The number of urea groups is 1. The van der Waals surface area contributed by atoms with E-state index in [0.717, 1.165) is 18.0 Å². The largest absolute Gasteiger partial charge is 0.383 e. The first-order chi connectivity index (χ1) is 8.47. The molecule has 0 saturated heterocycles. The molecule has 0 heterocycles. The molecule has 1 unspecified atom stereocenters. The molecular weight excluding hydrogens is 226 g/mol. The standard InChI is InChI=1S/C14H23N3O/c1-10(2)7-8-11(3)16-12-5-4-6-13(9-12)17-14(15)18/h4-6,9-11,16H,7-8H2,1-3H3,(H3,15,17,18). The third-order valence-electron chi connectivity index (χ3n) is 2.72. The van der Waals surface area contributed by atoms with Gasteiger partial charge in [0.05, 0.1) is 0 Å². The Labute approximate surface area is 109 Å². The first-order valence-corrected chi connectivity index (χ1v) is 6.40. The highest BCUT2D eigenvalue weighted by Gasteiger charge is 2.04. The predicted molar refractivity (Wildman–Crippen MR) is 76.8 cm³/mol. The monoisotopic (exact) mass is 249 g/mol. The lowest BCUT2D eigenvalue weighted by molar-refractivity contribution is 0.259. The summed E-state index contributed by atoms with van der Waals surface area (Å²) in [6.45, 7) is 6.62. The molecule has 1 aromatic carbocycles. The molecule has 4 nitrogen and oxygen atoms in total. The lowest BCUT2D eigenvalue weighted by Gasteiger charge is -2.17. The summed E-state index contributed by atoms with van der Waals surface area (Å²) in [6.07, 6.45) is 2.33. The zero-order valence-corrected chi connectivity index (χ0v) is 11.4. The Morgan fingerprint density at radius 2 is 1.89 bits per heavy atom. The van der Waals surface area contributed by atoms with E-state index in [1.807, 2.05) is 24.3 Å². The molecule has 4 heteroatoms. The summed E-state index contributed by atoms with van der Waals surface area (Å²) >= 11 is 0. The smallest absolute Gasteiger partial charge is 0.316 e. The molecule has 1 rings (SSSR count). The van der Waals surface area contributed by atoms with Crippen LogP contribution < -0.4 is 16.4 Å². The van der Waals surface area contributed by atoms with E-state index < -0.39 is 6.03 Å². The number of nitrogens with one attached hydrogen (secondary N) is 2. The number of hydrogen-bond acceptors (Lipinski definition) is 2. The van der Waals surface area contributed by atoms with Gasteiger partial charge in [0, 0.05) is 17.4 Å². The van der Waals surface area contributed by atoms with Gasteiger partial charge in [-0.2, -0.15) is 0 Å². The van der Waals surface area contributed by atoms with Gasteiger partial charge in [0.25, 0.3) is 0 Å². The van der Waals surface area contributed by atoms with E-state index in [-0.39, 0.29) is 0 Å². The van der Waals surface area contributed by atoms with Gasteiger partial charge in [-0.25, -0.2) is 4.79 Å². The molecule has 100 valence electrons. The predicted octanol–water partition coefficient (Wildman–Crippen LogP) is 3.41. The molecule has 4 N–H and O–H groups in total. The Kier molecular flexibility index (Phi) is 5.49. The van der Waals surface area contributed by atoms with Crippen LogP contribution in [0.15, 0.2) is 24.3 Å². The first-order valence-electron chi connectivity index (χ1n) is 6.40. The van der Waals surface area contributed by atoms with Gasteiger partial charge in [0.1, 0.15) is 0 Å².